The van der Waals surface area contributed by atoms with Gasteiger partial charge in [-0.1, -0.05) is 6.92 Å². The van der Waals surface area contributed by atoms with Crippen molar-refractivity contribution in [3.05, 3.63) is 18.5 Å². The zero-order valence-corrected chi connectivity index (χ0v) is 9.52. The van der Waals surface area contributed by atoms with E-state index in [1.54, 1.807) is 18.5 Å². The minimum Gasteiger partial charge on any atom is -0.346 e. The molecule has 0 aliphatic carbocycles. The molecule has 0 atom stereocenters. The average molecular weight is 234 g/mol. The highest BCUT2D eigenvalue weighted by molar-refractivity contribution is 6.22. The summed E-state index contributed by atoms with van der Waals surface area (Å²) in [5.74, 6) is 1.44. The normalized spacial score (nSPS) is 11.4. The number of alkyl halides is 2. The highest BCUT2D eigenvalue weighted by Crippen LogP contribution is 2.19. The second-order valence-corrected chi connectivity index (χ2v) is 3.63. The van der Waals surface area contributed by atoms with Gasteiger partial charge in [-0.3, -0.25) is 0 Å². The lowest BCUT2D eigenvalue weighted by Gasteiger charge is -2.29. The van der Waals surface area contributed by atoms with E-state index < -0.39 is 0 Å². The van der Waals surface area contributed by atoms with Crippen molar-refractivity contribution in [2.45, 2.75) is 18.9 Å². The van der Waals surface area contributed by atoms with Crippen LogP contribution < -0.4 is 5.32 Å². The Morgan fingerprint density at radius 1 is 1.29 bits per heavy atom. The maximum absolute atomic E-state index is 5.87. The van der Waals surface area contributed by atoms with Gasteiger partial charge < -0.3 is 5.32 Å². The maximum atomic E-state index is 5.87. The number of aromatic nitrogens is 2. The molecule has 0 fully saturated rings. The molecule has 1 heterocycles. The van der Waals surface area contributed by atoms with E-state index in [-0.39, 0.29) is 5.54 Å². The zero-order chi connectivity index (χ0) is 10.4. The first-order chi connectivity index (χ1) is 6.76. The van der Waals surface area contributed by atoms with E-state index in [9.17, 15) is 0 Å². The number of nitrogens with zero attached hydrogens (tertiary/aromatic N) is 2. The Hall–Kier alpha value is -0.540. The summed E-state index contributed by atoms with van der Waals surface area (Å²) in [6, 6.07) is 1.76. The first kappa shape index (κ1) is 11.5. The fraction of sp³-hybridized carbons (Fsp3) is 0.556. The fourth-order valence-electron chi connectivity index (χ4n) is 0.981. The van der Waals surface area contributed by atoms with Crippen LogP contribution in [0.3, 0.4) is 0 Å². The molecule has 3 nitrogen and oxygen atoms in total. The molecule has 1 aromatic heterocycles. The Morgan fingerprint density at radius 2 is 1.86 bits per heavy atom. The smallest absolute Gasteiger partial charge is 0.223 e. The van der Waals surface area contributed by atoms with Crippen LogP contribution in [0.2, 0.25) is 0 Å². The van der Waals surface area contributed by atoms with E-state index in [0.29, 0.717) is 17.7 Å². The molecular formula is C9H13Cl2N3. The van der Waals surface area contributed by atoms with E-state index in [1.807, 2.05) is 6.92 Å². The Morgan fingerprint density at radius 3 is 2.29 bits per heavy atom. The van der Waals surface area contributed by atoms with Crippen LogP contribution in [-0.4, -0.2) is 27.3 Å². The molecule has 5 heteroatoms. The van der Waals surface area contributed by atoms with Gasteiger partial charge in [-0.15, -0.1) is 23.2 Å². The van der Waals surface area contributed by atoms with Crippen molar-refractivity contribution in [1.29, 1.82) is 0 Å². The first-order valence-corrected chi connectivity index (χ1v) is 5.50. The van der Waals surface area contributed by atoms with Crippen molar-refractivity contribution in [3.63, 3.8) is 0 Å². The second kappa shape index (κ2) is 5.37. The molecule has 0 saturated heterocycles. The van der Waals surface area contributed by atoms with Crippen molar-refractivity contribution >= 4 is 29.2 Å². The molecule has 0 aliphatic rings. The highest BCUT2D eigenvalue weighted by Gasteiger charge is 2.26. The molecule has 1 rings (SSSR count). The van der Waals surface area contributed by atoms with Crippen LogP contribution in [0.1, 0.15) is 13.3 Å². The predicted octanol–water partition coefficient (Wildman–Crippen LogP) is 2.51. The molecule has 14 heavy (non-hydrogen) atoms. The molecule has 1 N–H and O–H groups in total. The van der Waals surface area contributed by atoms with Gasteiger partial charge in [0.15, 0.2) is 0 Å². The van der Waals surface area contributed by atoms with E-state index in [1.165, 1.54) is 0 Å². The van der Waals surface area contributed by atoms with Gasteiger partial charge >= 0.3 is 0 Å². The Labute approximate surface area is 93.9 Å². The van der Waals surface area contributed by atoms with Gasteiger partial charge in [0.1, 0.15) is 0 Å². The van der Waals surface area contributed by atoms with Gasteiger partial charge in [0.2, 0.25) is 5.95 Å². The lowest BCUT2D eigenvalue weighted by Crippen LogP contribution is -2.42. The van der Waals surface area contributed by atoms with E-state index in [2.05, 4.69) is 15.3 Å². The van der Waals surface area contributed by atoms with E-state index in [0.717, 1.165) is 6.42 Å². The van der Waals surface area contributed by atoms with Gasteiger partial charge in [0.25, 0.3) is 0 Å². The molecule has 0 radical (unpaired) electrons. The summed E-state index contributed by atoms with van der Waals surface area (Å²) in [7, 11) is 0. The summed E-state index contributed by atoms with van der Waals surface area (Å²) in [4.78, 5) is 8.14. The number of halogens is 2. The third-order valence-electron chi connectivity index (χ3n) is 2.13. The number of nitrogens with one attached hydrogen (secondary N) is 1. The highest BCUT2D eigenvalue weighted by atomic mass is 35.5. The number of hydrogen-bond donors (Lipinski definition) is 1. The molecule has 78 valence electrons. The molecule has 0 amide bonds. The molecule has 0 aliphatic heterocycles. The van der Waals surface area contributed by atoms with Gasteiger partial charge in [0, 0.05) is 24.2 Å². The molecule has 0 bridgehead atoms. The Balaban J connectivity index is 2.74. The van der Waals surface area contributed by atoms with Crippen molar-refractivity contribution in [3.8, 4) is 0 Å². The lowest BCUT2D eigenvalue weighted by molar-refractivity contribution is 0.555. The number of rotatable bonds is 5. The summed E-state index contributed by atoms with van der Waals surface area (Å²) in [5.41, 5.74) is -0.315. The summed E-state index contributed by atoms with van der Waals surface area (Å²) in [5, 5.41) is 3.16. The second-order valence-electron chi connectivity index (χ2n) is 3.10. The molecule has 0 spiro atoms. The third-order valence-corrected chi connectivity index (χ3v) is 3.15. The van der Waals surface area contributed by atoms with Gasteiger partial charge in [-0.05, 0) is 12.5 Å². The largest absolute Gasteiger partial charge is 0.346 e. The average Bonchev–Trinajstić information content (AvgIpc) is 2.28. The minimum atomic E-state index is -0.315. The third kappa shape index (κ3) is 2.72. The summed E-state index contributed by atoms with van der Waals surface area (Å²) in [6.07, 6.45) is 4.19. The van der Waals surface area contributed by atoms with E-state index >= 15 is 0 Å². The summed E-state index contributed by atoms with van der Waals surface area (Å²) in [6.45, 7) is 2.03. The van der Waals surface area contributed by atoms with Gasteiger partial charge in [-0.25, -0.2) is 9.97 Å². The van der Waals surface area contributed by atoms with Crippen LogP contribution >= 0.6 is 23.2 Å². The van der Waals surface area contributed by atoms with Crippen molar-refractivity contribution in [2.24, 2.45) is 0 Å². The molecular weight excluding hydrogens is 221 g/mol. The fourth-order valence-corrected chi connectivity index (χ4v) is 1.78. The Bertz CT molecular complexity index is 254. The van der Waals surface area contributed by atoms with Crippen molar-refractivity contribution in [2.75, 3.05) is 17.1 Å². The van der Waals surface area contributed by atoms with Gasteiger partial charge in [-0.2, -0.15) is 0 Å². The van der Waals surface area contributed by atoms with Crippen LogP contribution in [-0.2, 0) is 0 Å². The predicted molar refractivity (Wildman–Crippen MR) is 60.1 cm³/mol. The molecule has 1 aromatic rings. The summed E-state index contributed by atoms with van der Waals surface area (Å²) >= 11 is 11.7. The maximum Gasteiger partial charge on any atom is 0.223 e. The molecule has 0 aromatic carbocycles. The monoisotopic (exact) mass is 233 g/mol. The van der Waals surface area contributed by atoms with Gasteiger partial charge in [0.05, 0.1) is 5.54 Å². The van der Waals surface area contributed by atoms with Crippen LogP contribution in [0.5, 0.6) is 0 Å². The van der Waals surface area contributed by atoms with Crippen LogP contribution in [0.25, 0.3) is 0 Å². The quantitative estimate of drug-likeness (QED) is 0.795. The Kier molecular flexibility index (Phi) is 4.42. The van der Waals surface area contributed by atoms with Crippen molar-refractivity contribution < 1.29 is 0 Å². The van der Waals surface area contributed by atoms with Crippen molar-refractivity contribution in [1.82, 2.24) is 9.97 Å². The first-order valence-electron chi connectivity index (χ1n) is 4.43. The van der Waals surface area contributed by atoms with Crippen LogP contribution in [0, 0.1) is 0 Å². The van der Waals surface area contributed by atoms with Crippen LogP contribution in [0.4, 0.5) is 5.95 Å². The standard InChI is InChI=1S/C9H13Cl2N3/c1-2-9(6-10,7-11)14-8-12-4-3-5-13-8/h3-5H,2,6-7H2,1H3,(H,12,13,14). The topological polar surface area (TPSA) is 37.8 Å². The SMILES string of the molecule is CCC(CCl)(CCl)Nc1ncccn1. The van der Waals surface area contributed by atoms with Crippen LogP contribution in [0.15, 0.2) is 18.5 Å². The zero-order valence-electron chi connectivity index (χ0n) is 8.00. The molecule has 0 saturated carbocycles. The van der Waals surface area contributed by atoms with E-state index in [4.69, 9.17) is 23.2 Å². The lowest BCUT2D eigenvalue weighted by atomic mass is 10.0. The number of anilines is 1. The minimum absolute atomic E-state index is 0.315. The summed E-state index contributed by atoms with van der Waals surface area (Å²) < 4.78 is 0. The number of hydrogen-bond acceptors (Lipinski definition) is 3. The molecule has 0 unspecified atom stereocenters.